The number of nitrogens with one attached hydrogen (secondary N) is 1. The van der Waals surface area contributed by atoms with Crippen molar-refractivity contribution >= 4 is 11.9 Å². The van der Waals surface area contributed by atoms with E-state index < -0.39 is 12.1 Å². The fourth-order valence-corrected chi connectivity index (χ4v) is 0.993. The summed E-state index contributed by atoms with van der Waals surface area (Å²) in [6.45, 7) is 5.47. The fourth-order valence-electron chi connectivity index (χ4n) is 0.993. The lowest BCUT2D eigenvalue weighted by atomic mass is 10.2. The van der Waals surface area contributed by atoms with Gasteiger partial charge in [-0.25, -0.2) is 0 Å². The maximum absolute atomic E-state index is 11.4. The predicted molar refractivity (Wildman–Crippen MR) is 62.9 cm³/mol. The van der Waals surface area contributed by atoms with Crippen LogP contribution in [0.25, 0.3) is 0 Å². The summed E-state index contributed by atoms with van der Waals surface area (Å²) in [5.74, 6) is -0.916. The molecule has 0 aromatic rings. The quantitative estimate of drug-likeness (QED) is 0.756. The maximum atomic E-state index is 11.4. The first-order valence-corrected chi connectivity index (χ1v) is 5.89. The SMILES string of the molecule is CC(=O)OC(CC#N)C(=O)NC1CC1.CCC. The van der Waals surface area contributed by atoms with Gasteiger partial charge in [0.25, 0.3) is 5.91 Å². The highest BCUT2D eigenvalue weighted by molar-refractivity contribution is 5.84. The van der Waals surface area contributed by atoms with E-state index in [0.717, 1.165) is 12.8 Å². The van der Waals surface area contributed by atoms with E-state index in [1.54, 1.807) is 0 Å². The van der Waals surface area contributed by atoms with Gasteiger partial charge in [0.1, 0.15) is 0 Å². The van der Waals surface area contributed by atoms with Crippen molar-refractivity contribution in [3.63, 3.8) is 0 Å². The van der Waals surface area contributed by atoms with E-state index in [-0.39, 0.29) is 18.4 Å². The number of ether oxygens (including phenoxy) is 1. The first-order valence-electron chi connectivity index (χ1n) is 5.89. The van der Waals surface area contributed by atoms with E-state index >= 15 is 0 Å². The Balaban J connectivity index is 0.000000770. The van der Waals surface area contributed by atoms with Crippen molar-refractivity contribution in [3.8, 4) is 6.07 Å². The third-order valence-electron chi connectivity index (χ3n) is 1.80. The number of nitrogens with zero attached hydrogens (tertiary/aromatic N) is 1. The zero-order chi connectivity index (χ0) is 13.3. The molecule has 0 heterocycles. The van der Waals surface area contributed by atoms with Crippen molar-refractivity contribution in [2.45, 2.75) is 58.6 Å². The van der Waals surface area contributed by atoms with Gasteiger partial charge in [0.2, 0.25) is 0 Å². The number of carbonyl (C=O) groups is 2. The predicted octanol–water partition coefficient (Wildman–Crippen LogP) is 1.53. The Labute approximate surface area is 102 Å². The van der Waals surface area contributed by atoms with Crippen LogP contribution < -0.4 is 5.32 Å². The number of nitriles is 1. The molecule has 0 radical (unpaired) electrons. The molecule has 1 N–H and O–H groups in total. The first-order chi connectivity index (χ1) is 8.04. The lowest BCUT2D eigenvalue weighted by Gasteiger charge is -2.13. The van der Waals surface area contributed by atoms with Crippen molar-refractivity contribution < 1.29 is 14.3 Å². The van der Waals surface area contributed by atoms with Gasteiger partial charge in [-0.2, -0.15) is 5.26 Å². The van der Waals surface area contributed by atoms with Crippen molar-refractivity contribution in [1.29, 1.82) is 5.26 Å². The Bertz CT molecular complexity index is 293. The highest BCUT2D eigenvalue weighted by Gasteiger charge is 2.28. The summed E-state index contributed by atoms with van der Waals surface area (Å²) < 4.78 is 4.71. The topological polar surface area (TPSA) is 79.2 Å². The molecular weight excluding hydrogens is 220 g/mol. The molecule has 1 unspecified atom stereocenters. The Hall–Kier alpha value is -1.57. The Morgan fingerprint density at radius 1 is 1.47 bits per heavy atom. The van der Waals surface area contributed by atoms with Gasteiger partial charge in [0.05, 0.1) is 12.5 Å². The number of hydrogen-bond acceptors (Lipinski definition) is 4. The summed E-state index contributed by atoms with van der Waals surface area (Å²) in [5.41, 5.74) is 0. The maximum Gasteiger partial charge on any atom is 0.303 e. The summed E-state index contributed by atoms with van der Waals surface area (Å²) in [4.78, 5) is 22.0. The second-order valence-corrected chi connectivity index (χ2v) is 3.95. The summed E-state index contributed by atoms with van der Waals surface area (Å²) in [6, 6.07) is 2.02. The van der Waals surface area contributed by atoms with Gasteiger partial charge in [-0.15, -0.1) is 0 Å². The molecule has 0 spiro atoms. The molecule has 1 fully saturated rings. The van der Waals surface area contributed by atoms with Gasteiger partial charge >= 0.3 is 5.97 Å². The van der Waals surface area contributed by atoms with Crippen molar-refractivity contribution in [3.05, 3.63) is 0 Å². The minimum Gasteiger partial charge on any atom is -0.451 e. The molecule has 1 saturated carbocycles. The van der Waals surface area contributed by atoms with E-state index in [1.165, 1.54) is 13.3 Å². The second kappa shape index (κ2) is 8.57. The summed E-state index contributed by atoms with van der Waals surface area (Å²) in [6.07, 6.45) is 2.12. The van der Waals surface area contributed by atoms with Gasteiger partial charge in [0, 0.05) is 13.0 Å². The highest BCUT2D eigenvalue weighted by Crippen LogP contribution is 2.19. The summed E-state index contributed by atoms with van der Waals surface area (Å²) in [7, 11) is 0. The lowest BCUT2D eigenvalue weighted by Crippen LogP contribution is -2.38. The molecule has 5 nitrogen and oxygen atoms in total. The molecular formula is C12H20N2O3. The summed E-state index contributed by atoms with van der Waals surface area (Å²) in [5, 5.41) is 11.1. The van der Waals surface area contributed by atoms with Crippen LogP contribution in [0.3, 0.4) is 0 Å². The molecule has 0 aliphatic heterocycles. The van der Waals surface area contributed by atoms with Gasteiger partial charge < -0.3 is 10.1 Å². The third-order valence-corrected chi connectivity index (χ3v) is 1.80. The molecule has 0 bridgehead atoms. The van der Waals surface area contributed by atoms with Crippen LogP contribution in [-0.2, 0) is 14.3 Å². The Morgan fingerprint density at radius 2 is 2.00 bits per heavy atom. The lowest BCUT2D eigenvalue weighted by molar-refractivity contribution is -0.153. The molecule has 1 amide bonds. The van der Waals surface area contributed by atoms with Crippen LogP contribution >= 0.6 is 0 Å². The van der Waals surface area contributed by atoms with Crippen molar-refractivity contribution in [1.82, 2.24) is 5.32 Å². The minimum atomic E-state index is -0.960. The van der Waals surface area contributed by atoms with E-state index in [9.17, 15) is 9.59 Å². The van der Waals surface area contributed by atoms with E-state index in [2.05, 4.69) is 19.2 Å². The Kier molecular flexibility index (Phi) is 7.78. The van der Waals surface area contributed by atoms with Gasteiger partial charge in [0.15, 0.2) is 6.10 Å². The van der Waals surface area contributed by atoms with E-state index in [1.807, 2.05) is 6.07 Å². The van der Waals surface area contributed by atoms with Crippen LogP contribution in [0.2, 0.25) is 0 Å². The smallest absolute Gasteiger partial charge is 0.303 e. The number of hydrogen-bond donors (Lipinski definition) is 1. The monoisotopic (exact) mass is 240 g/mol. The average molecular weight is 240 g/mol. The van der Waals surface area contributed by atoms with Crippen LogP contribution in [0, 0.1) is 11.3 Å². The van der Waals surface area contributed by atoms with Gasteiger partial charge in [-0.3, -0.25) is 9.59 Å². The van der Waals surface area contributed by atoms with E-state index in [4.69, 9.17) is 10.00 Å². The number of amides is 1. The molecule has 0 aromatic carbocycles. The normalized spacial score (nSPS) is 14.7. The molecule has 17 heavy (non-hydrogen) atoms. The van der Waals surface area contributed by atoms with Crippen LogP contribution in [0.5, 0.6) is 0 Å². The molecule has 1 atom stereocenters. The zero-order valence-corrected chi connectivity index (χ0v) is 10.7. The average Bonchev–Trinajstić information content (AvgIpc) is 3.01. The molecule has 5 heteroatoms. The number of esters is 1. The molecule has 96 valence electrons. The largest absolute Gasteiger partial charge is 0.451 e. The zero-order valence-electron chi connectivity index (χ0n) is 10.7. The highest BCUT2D eigenvalue weighted by atomic mass is 16.5. The molecule has 0 aromatic heterocycles. The molecule has 1 aliphatic carbocycles. The Morgan fingerprint density at radius 3 is 2.35 bits per heavy atom. The number of carbonyl (C=O) groups excluding carboxylic acids is 2. The second-order valence-electron chi connectivity index (χ2n) is 3.95. The van der Waals surface area contributed by atoms with Crippen molar-refractivity contribution in [2.24, 2.45) is 0 Å². The summed E-state index contributed by atoms with van der Waals surface area (Å²) >= 11 is 0. The van der Waals surface area contributed by atoms with Crippen LogP contribution in [-0.4, -0.2) is 24.0 Å². The molecule has 1 aliphatic rings. The van der Waals surface area contributed by atoms with Crippen LogP contribution in [0.4, 0.5) is 0 Å². The van der Waals surface area contributed by atoms with E-state index in [0.29, 0.717) is 0 Å². The molecule has 0 saturated heterocycles. The standard InChI is InChI=1S/C9H12N2O3.C3H8/c1-6(12)14-8(4-5-10)9(13)11-7-2-3-7;1-3-2/h7-8H,2-4H2,1H3,(H,11,13);3H2,1-2H3. The third kappa shape index (κ3) is 8.26. The molecule has 1 rings (SSSR count). The van der Waals surface area contributed by atoms with Crippen LogP contribution in [0.1, 0.15) is 46.5 Å². The minimum absolute atomic E-state index is 0.0991. The van der Waals surface area contributed by atoms with Crippen molar-refractivity contribution in [2.75, 3.05) is 0 Å². The van der Waals surface area contributed by atoms with Crippen LogP contribution in [0.15, 0.2) is 0 Å². The number of rotatable bonds is 4. The fraction of sp³-hybridized carbons (Fsp3) is 0.750. The van der Waals surface area contributed by atoms with Gasteiger partial charge in [-0.1, -0.05) is 20.3 Å². The van der Waals surface area contributed by atoms with Gasteiger partial charge in [-0.05, 0) is 12.8 Å². The first kappa shape index (κ1) is 15.4.